The first-order chi connectivity index (χ1) is 17.8. The molecule has 1 atom stereocenters. The molecule has 9 heteroatoms. The van der Waals surface area contributed by atoms with E-state index >= 15 is 0 Å². The molecule has 0 aromatic heterocycles. The van der Waals surface area contributed by atoms with Gasteiger partial charge in [0.2, 0.25) is 0 Å². The molecule has 0 fully saturated rings. The number of hydrogen-bond acceptors (Lipinski definition) is 7. The maximum absolute atomic E-state index is 14.4. The van der Waals surface area contributed by atoms with Crippen molar-refractivity contribution in [2.45, 2.75) is 12.1 Å². The summed E-state index contributed by atoms with van der Waals surface area (Å²) in [6.45, 7) is 0.00139. The summed E-state index contributed by atoms with van der Waals surface area (Å²) in [6.07, 6.45) is 1.26. The molecule has 3 aromatic rings. The standard InChI is InChI=1S/C28H26ClNO7/c1-34-20-7-5-6-17(12-20)16-30-27(33)22(31)15-28(30,19-9-11-23(35-2)25(14-19)37-4)26(32)18-8-10-21(29)24(13-18)36-3/h5-15,31H,16H2,1-4H3. The summed E-state index contributed by atoms with van der Waals surface area (Å²) < 4.78 is 21.5. The zero-order chi connectivity index (χ0) is 26.7. The second-order valence-corrected chi connectivity index (χ2v) is 8.69. The molecule has 1 aliphatic heterocycles. The van der Waals surface area contributed by atoms with E-state index in [4.69, 9.17) is 30.5 Å². The number of Topliss-reactive ketones (excluding diaryl/α,β-unsaturated/α-hetero) is 1. The van der Waals surface area contributed by atoms with Crippen LogP contribution >= 0.6 is 11.6 Å². The molecule has 1 N–H and O–H groups in total. The Morgan fingerprint density at radius 1 is 0.892 bits per heavy atom. The molecule has 1 unspecified atom stereocenters. The summed E-state index contributed by atoms with van der Waals surface area (Å²) in [5.74, 6) is -0.0409. The van der Waals surface area contributed by atoms with Crippen molar-refractivity contribution in [2.75, 3.05) is 28.4 Å². The molecular formula is C28H26ClNO7. The van der Waals surface area contributed by atoms with Crippen LogP contribution in [0.4, 0.5) is 0 Å². The molecule has 4 rings (SSSR count). The highest BCUT2D eigenvalue weighted by Crippen LogP contribution is 2.44. The van der Waals surface area contributed by atoms with Gasteiger partial charge in [-0.1, -0.05) is 29.8 Å². The first-order valence-corrected chi connectivity index (χ1v) is 11.6. The lowest BCUT2D eigenvalue weighted by Crippen LogP contribution is -2.49. The number of ketones is 1. The van der Waals surface area contributed by atoms with Crippen molar-refractivity contribution in [3.63, 3.8) is 0 Å². The fraction of sp³-hybridized carbons (Fsp3) is 0.214. The number of methoxy groups -OCH3 is 4. The van der Waals surface area contributed by atoms with Crippen LogP contribution in [0.2, 0.25) is 5.02 Å². The first kappa shape index (κ1) is 25.9. The minimum atomic E-state index is -1.72. The fourth-order valence-corrected chi connectivity index (χ4v) is 4.63. The summed E-state index contributed by atoms with van der Waals surface area (Å²) in [7, 11) is 5.96. The smallest absolute Gasteiger partial charge is 0.290 e. The zero-order valence-electron chi connectivity index (χ0n) is 20.8. The molecule has 0 aliphatic carbocycles. The number of aliphatic hydroxyl groups excluding tert-OH is 1. The van der Waals surface area contributed by atoms with Gasteiger partial charge in [0, 0.05) is 18.2 Å². The Morgan fingerprint density at radius 2 is 1.62 bits per heavy atom. The number of carbonyl (C=O) groups excluding carboxylic acids is 2. The summed E-state index contributed by atoms with van der Waals surface area (Å²) in [5.41, 5.74) is -0.403. The van der Waals surface area contributed by atoms with Gasteiger partial charge in [-0.2, -0.15) is 0 Å². The van der Waals surface area contributed by atoms with E-state index in [1.807, 2.05) is 0 Å². The predicted molar refractivity (Wildman–Crippen MR) is 138 cm³/mol. The number of nitrogens with zero attached hydrogens (tertiary/aromatic N) is 1. The van der Waals surface area contributed by atoms with Gasteiger partial charge in [-0.15, -0.1) is 0 Å². The fourth-order valence-electron chi connectivity index (χ4n) is 4.44. The maximum Gasteiger partial charge on any atom is 0.290 e. The Balaban J connectivity index is 1.95. The molecule has 192 valence electrons. The van der Waals surface area contributed by atoms with Crippen LogP contribution in [0, 0.1) is 0 Å². The van der Waals surface area contributed by atoms with Crippen LogP contribution in [-0.2, 0) is 16.9 Å². The van der Waals surface area contributed by atoms with E-state index in [-0.39, 0.29) is 12.1 Å². The first-order valence-electron chi connectivity index (χ1n) is 11.3. The normalized spacial score (nSPS) is 16.8. The van der Waals surface area contributed by atoms with Crippen LogP contribution in [-0.4, -0.2) is 50.1 Å². The van der Waals surface area contributed by atoms with Crippen LogP contribution in [0.1, 0.15) is 21.5 Å². The highest BCUT2D eigenvalue weighted by atomic mass is 35.5. The van der Waals surface area contributed by atoms with E-state index in [1.54, 1.807) is 61.7 Å². The summed E-state index contributed by atoms with van der Waals surface area (Å²) >= 11 is 6.20. The van der Waals surface area contributed by atoms with E-state index in [9.17, 15) is 14.7 Å². The second kappa shape index (κ2) is 10.4. The number of benzene rings is 3. The van der Waals surface area contributed by atoms with Crippen LogP contribution < -0.4 is 18.9 Å². The van der Waals surface area contributed by atoms with Crippen molar-refractivity contribution in [1.82, 2.24) is 4.90 Å². The maximum atomic E-state index is 14.4. The van der Waals surface area contributed by atoms with Crippen molar-refractivity contribution in [3.8, 4) is 23.0 Å². The number of hydrogen-bond donors (Lipinski definition) is 1. The Morgan fingerprint density at radius 3 is 2.30 bits per heavy atom. The van der Waals surface area contributed by atoms with Crippen LogP contribution in [0.5, 0.6) is 23.0 Å². The third-order valence-corrected chi connectivity index (χ3v) is 6.61. The lowest BCUT2D eigenvalue weighted by molar-refractivity contribution is -0.131. The zero-order valence-corrected chi connectivity index (χ0v) is 21.5. The topological polar surface area (TPSA) is 94.5 Å². The monoisotopic (exact) mass is 523 g/mol. The number of carbonyl (C=O) groups is 2. The van der Waals surface area contributed by atoms with E-state index in [0.29, 0.717) is 39.1 Å². The lowest BCUT2D eigenvalue weighted by Gasteiger charge is -2.37. The number of amides is 1. The lowest BCUT2D eigenvalue weighted by atomic mass is 9.81. The van der Waals surface area contributed by atoms with Gasteiger partial charge in [0.15, 0.2) is 28.6 Å². The van der Waals surface area contributed by atoms with E-state index in [2.05, 4.69) is 0 Å². The van der Waals surface area contributed by atoms with Crippen molar-refractivity contribution in [3.05, 3.63) is 94.2 Å². The molecule has 0 bridgehead atoms. The van der Waals surface area contributed by atoms with Gasteiger partial charge >= 0.3 is 0 Å². The number of halogens is 1. The van der Waals surface area contributed by atoms with Crippen molar-refractivity contribution in [2.24, 2.45) is 0 Å². The Labute approximate surface area is 219 Å². The van der Waals surface area contributed by atoms with Crippen molar-refractivity contribution in [1.29, 1.82) is 0 Å². The van der Waals surface area contributed by atoms with Crippen LogP contribution in [0.15, 0.2) is 72.5 Å². The molecule has 1 heterocycles. The van der Waals surface area contributed by atoms with Crippen molar-refractivity contribution < 1.29 is 33.6 Å². The Hall–Kier alpha value is -4.17. The SMILES string of the molecule is COc1cccc(CN2C(=O)C(O)=CC2(C(=O)c2ccc(Cl)c(OC)c2)c2ccc(OC)c(OC)c2)c1. The second-order valence-electron chi connectivity index (χ2n) is 8.29. The Bertz CT molecular complexity index is 1390. The highest BCUT2D eigenvalue weighted by Gasteiger charge is 2.53. The molecule has 3 aromatic carbocycles. The highest BCUT2D eigenvalue weighted by molar-refractivity contribution is 6.32. The number of aliphatic hydroxyl groups is 1. The van der Waals surface area contributed by atoms with Gasteiger partial charge in [0.05, 0.1) is 33.5 Å². The molecule has 8 nitrogen and oxygen atoms in total. The van der Waals surface area contributed by atoms with Crippen LogP contribution in [0.3, 0.4) is 0 Å². The van der Waals surface area contributed by atoms with Gasteiger partial charge in [-0.3, -0.25) is 9.59 Å². The average molecular weight is 524 g/mol. The van der Waals surface area contributed by atoms with E-state index < -0.39 is 23.0 Å². The molecular weight excluding hydrogens is 498 g/mol. The number of ether oxygens (including phenoxy) is 4. The van der Waals surface area contributed by atoms with Crippen LogP contribution in [0.25, 0.3) is 0 Å². The minimum absolute atomic E-state index is 0.00139. The molecule has 0 radical (unpaired) electrons. The molecule has 1 aliphatic rings. The molecule has 0 spiro atoms. The van der Waals surface area contributed by atoms with Gasteiger partial charge in [0.25, 0.3) is 5.91 Å². The summed E-state index contributed by atoms with van der Waals surface area (Å²) in [4.78, 5) is 29.1. The average Bonchev–Trinajstić information content (AvgIpc) is 3.18. The van der Waals surface area contributed by atoms with E-state index in [1.165, 1.54) is 38.4 Å². The quantitative estimate of drug-likeness (QED) is 0.397. The van der Waals surface area contributed by atoms with E-state index in [0.717, 1.165) is 0 Å². The van der Waals surface area contributed by atoms with Gasteiger partial charge in [-0.05, 0) is 53.6 Å². The summed E-state index contributed by atoms with van der Waals surface area (Å²) in [6, 6.07) is 16.6. The van der Waals surface area contributed by atoms with Gasteiger partial charge in [-0.25, -0.2) is 0 Å². The van der Waals surface area contributed by atoms with Gasteiger partial charge in [0.1, 0.15) is 11.5 Å². The van der Waals surface area contributed by atoms with Gasteiger partial charge < -0.3 is 29.0 Å². The molecule has 1 amide bonds. The molecule has 0 saturated heterocycles. The molecule has 37 heavy (non-hydrogen) atoms. The predicted octanol–water partition coefficient (Wildman–Crippen LogP) is 4.94. The largest absolute Gasteiger partial charge is 0.503 e. The Kier molecular flexibility index (Phi) is 7.31. The number of rotatable bonds is 9. The summed E-state index contributed by atoms with van der Waals surface area (Å²) in [5, 5.41) is 11.0. The third-order valence-electron chi connectivity index (χ3n) is 6.29. The van der Waals surface area contributed by atoms with Crippen molar-refractivity contribution >= 4 is 23.3 Å². The molecule has 0 saturated carbocycles. The minimum Gasteiger partial charge on any atom is -0.503 e. The third kappa shape index (κ3) is 4.56.